The highest BCUT2D eigenvalue weighted by molar-refractivity contribution is 5.82. The summed E-state index contributed by atoms with van der Waals surface area (Å²) in [5.41, 5.74) is -0.227. The van der Waals surface area contributed by atoms with Crippen molar-refractivity contribution in [1.82, 2.24) is 9.80 Å². The Balaban J connectivity index is 2.12. The minimum Gasteiger partial charge on any atom is -0.334 e. The highest BCUT2D eigenvalue weighted by atomic mass is 16.2. The first-order chi connectivity index (χ1) is 7.43. The number of nitrogens with zero attached hydrogens (tertiary/aromatic N) is 2. The SMILES string of the molecule is CCN1CC2CCC(C1)N2C(=O)C(C)(C)C. The monoisotopic (exact) mass is 224 g/mol. The molecule has 3 nitrogen and oxygen atoms in total. The summed E-state index contributed by atoms with van der Waals surface area (Å²) in [5.74, 6) is 0.343. The Morgan fingerprint density at radius 1 is 1.19 bits per heavy atom. The van der Waals surface area contributed by atoms with Crippen LogP contribution in [0.25, 0.3) is 0 Å². The Morgan fingerprint density at radius 2 is 1.69 bits per heavy atom. The largest absolute Gasteiger partial charge is 0.334 e. The van der Waals surface area contributed by atoms with Crippen LogP contribution in [0.4, 0.5) is 0 Å². The highest BCUT2D eigenvalue weighted by Gasteiger charge is 2.44. The van der Waals surface area contributed by atoms with Gasteiger partial charge < -0.3 is 4.90 Å². The number of fused-ring (bicyclic) bond motifs is 2. The molecule has 2 aliphatic heterocycles. The van der Waals surface area contributed by atoms with Gasteiger partial charge in [0.1, 0.15) is 0 Å². The zero-order chi connectivity index (χ0) is 11.9. The van der Waals surface area contributed by atoms with Crippen LogP contribution < -0.4 is 0 Å². The molecule has 92 valence electrons. The second-order valence-corrected chi connectivity index (χ2v) is 6.20. The Morgan fingerprint density at radius 3 is 2.06 bits per heavy atom. The molecule has 2 fully saturated rings. The molecule has 0 radical (unpaired) electrons. The molecule has 2 heterocycles. The molecule has 2 aliphatic rings. The van der Waals surface area contributed by atoms with E-state index in [0.717, 1.165) is 19.6 Å². The van der Waals surface area contributed by atoms with Crippen molar-refractivity contribution in [3.8, 4) is 0 Å². The number of carbonyl (C=O) groups excluding carboxylic acids is 1. The number of carbonyl (C=O) groups is 1. The third-order valence-electron chi connectivity index (χ3n) is 3.88. The van der Waals surface area contributed by atoms with Gasteiger partial charge in [-0.3, -0.25) is 9.69 Å². The van der Waals surface area contributed by atoms with Crippen molar-refractivity contribution in [2.45, 2.75) is 52.6 Å². The Labute approximate surface area is 98.8 Å². The van der Waals surface area contributed by atoms with E-state index < -0.39 is 0 Å². The smallest absolute Gasteiger partial charge is 0.228 e. The summed E-state index contributed by atoms with van der Waals surface area (Å²) in [7, 11) is 0. The van der Waals surface area contributed by atoms with Crippen molar-refractivity contribution in [2.75, 3.05) is 19.6 Å². The lowest BCUT2D eigenvalue weighted by Gasteiger charge is -2.43. The van der Waals surface area contributed by atoms with Gasteiger partial charge in [-0.2, -0.15) is 0 Å². The number of hydrogen-bond acceptors (Lipinski definition) is 2. The summed E-state index contributed by atoms with van der Waals surface area (Å²) in [6, 6.07) is 0.954. The van der Waals surface area contributed by atoms with Crippen molar-refractivity contribution in [2.24, 2.45) is 5.41 Å². The van der Waals surface area contributed by atoms with Gasteiger partial charge in [0.05, 0.1) is 0 Å². The lowest BCUT2D eigenvalue weighted by Crippen LogP contribution is -2.57. The summed E-state index contributed by atoms with van der Waals surface area (Å²) < 4.78 is 0. The van der Waals surface area contributed by atoms with E-state index in [9.17, 15) is 4.79 Å². The summed E-state index contributed by atoms with van der Waals surface area (Å²) in [6.45, 7) is 11.6. The molecule has 0 aromatic heterocycles. The summed E-state index contributed by atoms with van der Waals surface area (Å²) >= 11 is 0. The van der Waals surface area contributed by atoms with Gasteiger partial charge in [-0.05, 0) is 19.4 Å². The first-order valence-electron chi connectivity index (χ1n) is 6.48. The molecule has 16 heavy (non-hydrogen) atoms. The molecule has 2 bridgehead atoms. The zero-order valence-electron chi connectivity index (χ0n) is 11.0. The normalized spacial score (nSPS) is 30.9. The maximum absolute atomic E-state index is 12.4. The van der Waals surface area contributed by atoms with Gasteiger partial charge in [0.15, 0.2) is 0 Å². The second-order valence-electron chi connectivity index (χ2n) is 6.20. The highest BCUT2D eigenvalue weighted by Crippen LogP contribution is 2.33. The molecule has 0 aromatic rings. The maximum atomic E-state index is 12.4. The molecule has 2 rings (SSSR count). The van der Waals surface area contributed by atoms with Crippen molar-refractivity contribution < 1.29 is 4.79 Å². The van der Waals surface area contributed by atoms with E-state index in [1.54, 1.807) is 0 Å². The van der Waals surface area contributed by atoms with Gasteiger partial charge in [0.2, 0.25) is 5.91 Å². The van der Waals surface area contributed by atoms with Gasteiger partial charge >= 0.3 is 0 Å². The first kappa shape index (κ1) is 11.9. The molecule has 0 spiro atoms. The molecule has 2 atom stereocenters. The molecule has 0 aliphatic carbocycles. The van der Waals surface area contributed by atoms with E-state index in [4.69, 9.17) is 0 Å². The van der Waals surface area contributed by atoms with E-state index in [0.29, 0.717) is 18.0 Å². The molecular weight excluding hydrogens is 200 g/mol. The van der Waals surface area contributed by atoms with E-state index >= 15 is 0 Å². The molecular formula is C13H24N2O. The maximum Gasteiger partial charge on any atom is 0.228 e. The van der Waals surface area contributed by atoms with Crippen LogP contribution in [0.5, 0.6) is 0 Å². The average molecular weight is 224 g/mol. The van der Waals surface area contributed by atoms with E-state index in [2.05, 4.69) is 16.7 Å². The summed E-state index contributed by atoms with van der Waals surface area (Å²) in [6.07, 6.45) is 2.39. The number of likely N-dealkylation sites (tertiary alicyclic amines) is 1. The Hall–Kier alpha value is -0.570. The van der Waals surface area contributed by atoms with Gasteiger partial charge in [-0.15, -0.1) is 0 Å². The van der Waals surface area contributed by atoms with Gasteiger partial charge in [-0.1, -0.05) is 27.7 Å². The van der Waals surface area contributed by atoms with Gasteiger partial charge in [-0.25, -0.2) is 0 Å². The van der Waals surface area contributed by atoms with Crippen LogP contribution >= 0.6 is 0 Å². The predicted molar refractivity (Wildman–Crippen MR) is 65.2 cm³/mol. The lowest BCUT2D eigenvalue weighted by molar-refractivity contribution is -0.145. The van der Waals surface area contributed by atoms with Crippen LogP contribution in [0.15, 0.2) is 0 Å². The van der Waals surface area contributed by atoms with Crippen molar-refractivity contribution in [3.63, 3.8) is 0 Å². The lowest BCUT2D eigenvalue weighted by atomic mass is 9.93. The molecule has 2 saturated heterocycles. The van der Waals surface area contributed by atoms with Crippen molar-refractivity contribution >= 4 is 5.91 Å². The minimum atomic E-state index is -0.227. The van der Waals surface area contributed by atoms with Crippen molar-refractivity contribution in [1.29, 1.82) is 0 Å². The first-order valence-corrected chi connectivity index (χ1v) is 6.48. The fourth-order valence-corrected chi connectivity index (χ4v) is 2.97. The topological polar surface area (TPSA) is 23.6 Å². The molecule has 0 N–H and O–H groups in total. The quantitative estimate of drug-likeness (QED) is 0.677. The molecule has 0 aromatic carbocycles. The molecule has 3 heteroatoms. The Bertz CT molecular complexity index is 268. The summed E-state index contributed by atoms with van der Waals surface area (Å²) in [4.78, 5) is 17.1. The van der Waals surface area contributed by atoms with Crippen LogP contribution in [0, 0.1) is 5.41 Å². The van der Waals surface area contributed by atoms with E-state index in [1.165, 1.54) is 12.8 Å². The van der Waals surface area contributed by atoms with Gasteiger partial charge in [0, 0.05) is 30.6 Å². The number of amides is 1. The summed E-state index contributed by atoms with van der Waals surface area (Å²) in [5, 5.41) is 0. The van der Waals surface area contributed by atoms with E-state index in [1.807, 2.05) is 20.8 Å². The average Bonchev–Trinajstić information content (AvgIpc) is 2.46. The van der Waals surface area contributed by atoms with Crippen LogP contribution in [0.1, 0.15) is 40.5 Å². The molecule has 0 saturated carbocycles. The number of hydrogen-bond donors (Lipinski definition) is 0. The zero-order valence-corrected chi connectivity index (χ0v) is 11.0. The minimum absolute atomic E-state index is 0.227. The number of likely N-dealkylation sites (N-methyl/N-ethyl adjacent to an activating group) is 1. The van der Waals surface area contributed by atoms with Crippen LogP contribution in [-0.2, 0) is 4.79 Å². The van der Waals surface area contributed by atoms with Crippen LogP contribution in [0.3, 0.4) is 0 Å². The fraction of sp³-hybridized carbons (Fsp3) is 0.923. The number of piperazine rings is 1. The van der Waals surface area contributed by atoms with Crippen molar-refractivity contribution in [3.05, 3.63) is 0 Å². The molecule has 2 unspecified atom stereocenters. The third kappa shape index (κ3) is 1.97. The van der Waals surface area contributed by atoms with Crippen LogP contribution in [-0.4, -0.2) is 47.4 Å². The second kappa shape index (κ2) is 4.02. The Kier molecular flexibility index (Phi) is 2.99. The molecule has 1 amide bonds. The van der Waals surface area contributed by atoms with Crippen LogP contribution in [0.2, 0.25) is 0 Å². The number of rotatable bonds is 1. The fourth-order valence-electron chi connectivity index (χ4n) is 2.97. The van der Waals surface area contributed by atoms with E-state index in [-0.39, 0.29) is 5.41 Å². The predicted octanol–water partition coefficient (Wildman–Crippen LogP) is 1.73. The third-order valence-corrected chi connectivity index (χ3v) is 3.88. The standard InChI is InChI=1S/C13H24N2O/c1-5-14-8-10-6-7-11(9-14)15(10)12(16)13(2,3)4/h10-11H,5-9H2,1-4H3. The van der Waals surface area contributed by atoms with Gasteiger partial charge in [0.25, 0.3) is 0 Å².